The molecule has 1 amide bonds. The van der Waals surface area contributed by atoms with Gasteiger partial charge in [-0.2, -0.15) is 5.10 Å². The Labute approximate surface area is 163 Å². The van der Waals surface area contributed by atoms with E-state index in [2.05, 4.69) is 15.4 Å². The van der Waals surface area contributed by atoms with E-state index in [1.807, 2.05) is 54.9 Å². The lowest BCUT2D eigenvalue weighted by molar-refractivity contribution is 0.0952. The lowest BCUT2D eigenvalue weighted by Gasteiger charge is -2.07. The van der Waals surface area contributed by atoms with Gasteiger partial charge in [0.25, 0.3) is 5.91 Å². The van der Waals surface area contributed by atoms with Crippen LogP contribution in [-0.2, 0) is 13.0 Å². The summed E-state index contributed by atoms with van der Waals surface area (Å²) < 4.78 is 7.70. The number of nitrogens with one attached hydrogen (secondary N) is 1. The molecule has 0 atom stereocenters. The Bertz CT molecular complexity index is 1110. The van der Waals surface area contributed by atoms with E-state index in [0.717, 1.165) is 17.0 Å². The van der Waals surface area contributed by atoms with Gasteiger partial charge in [0.1, 0.15) is 5.52 Å². The number of aromatic nitrogens is 3. The van der Waals surface area contributed by atoms with E-state index in [0.29, 0.717) is 42.1 Å². The minimum absolute atomic E-state index is 0.129. The van der Waals surface area contributed by atoms with Crippen LogP contribution in [0, 0.1) is 13.8 Å². The molecule has 2 aromatic heterocycles. The Hall–Kier alpha value is -3.41. The molecule has 1 N–H and O–H groups in total. The summed E-state index contributed by atoms with van der Waals surface area (Å²) in [4.78, 5) is 17.0. The minimum Gasteiger partial charge on any atom is -0.440 e. The van der Waals surface area contributed by atoms with E-state index in [4.69, 9.17) is 4.42 Å². The first kappa shape index (κ1) is 18.0. The van der Waals surface area contributed by atoms with Gasteiger partial charge >= 0.3 is 0 Å². The zero-order valence-electron chi connectivity index (χ0n) is 16.0. The van der Waals surface area contributed by atoms with E-state index < -0.39 is 0 Å². The van der Waals surface area contributed by atoms with Gasteiger partial charge in [0, 0.05) is 24.2 Å². The number of carbonyl (C=O) groups is 1. The maximum Gasteiger partial charge on any atom is 0.251 e. The Morgan fingerprint density at radius 3 is 2.68 bits per heavy atom. The first-order valence-corrected chi connectivity index (χ1v) is 9.31. The summed E-state index contributed by atoms with van der Waals surface area (Å²) in [7, 11) is 0. The van der Waals surface area contributed by atoms with E-state index in [1.165, 1.54) is 0 Å². The number of hydrogen-bond donors (Lipinski definition) is 1. The van der Waals surface area contributed by atoms with Crippen molar-refractivity contribution in [3.63, 3.8) is 0 Å². The first-order valence-electron chi connectivity index (χ1n) is 9.31. The molecule has 0 aliphatic rings. The van der Waals surface area contributed by atoms with E-state index in [1.54, 1.807) is 18.2 Å². The van der Waals surface area contributed by atoms with Crippen LogP contribution in [0.2, 0.25) is 0 Å². The maximum atomic E-state index is 12.5. The summed E-state index contributed by atoms with van der Waals surface area (Å²) in [5.41, 5.74) is 5.15. The van der Waals surface area contributed by atoms with Crippen LogP contribution in [0.25, 0.3) is 11.1 Å². The quantitative estimate of drug-likeness (QED) is 0.559. The second-order valence-electron chi connectivity index (χ2n) is 6.86. The van der Waals surface area contributed by atoms with Crippen LogP contribution in [0.3, 0.4) is 0 Å². The predicted molar refractivity (Wildman–Crippen MR) is 107 cm³/mol. The first-order chi connectivity index (χ1) is 13.6. The Balaban J connectivity index is 1.42. The molecule has 2 aromatic carbocycles. The third-order valence-electron chi connectivity index (χ3n) is 4.60. The molecule has 4 rings (SSSR count). The summed E-state index contributed by atoms with van der Waals surface area (Å²) in [6.45, 7) is 5.12. The highest BCUT2D eigenvalue weighted by molar-refractivity contribution is 5.97. The molecule has 0 unspecified atom stereocenters. The third kappa shape index (κ3) is 3.96. The Kier molecular flexibility index (Phi) is 4.93. The van der Waals surface area contributed by atoms with E-state index in [-0.39, 0.29) is 5.91 Å². The van der Waals surface area contributed by atoms with Crippen LogP contribution in [0.15, 0.2) is 59.0 Å². The van der Waals surface area contributed by atoms with Crippen LogP contribution in [0.1, 0.15) is 33.2 Å². The Morgan fingerprint density at radius 1 is 1.11 bits per heavy atom. The highest BCUT2D eigenvalue weighted by Crippen LogP contribution is 2.19. The molecule has 0 aliphatic heterocycles. The summed E-state index contributed by atoms with van der Waals surface area (Å²) >= 11 is 0. The molecular weight excluding hydrogens is 352 g/mol. The summed E-state index contributed by atoms with van der Waals surface area (Å²) in [5.74, 6) is 0.513. The molecule has 0 fully saturated rings. The van der Waals surface area contributed by atoms with Gasteiger partial charge in [-0.25, -0.2) is 4.98 Å². The van der Waals surface area contributed by atoms with Crippen LogP contribution in [0.4, 0.5) is 0 Å². The number of rotatable bonds is 6. The van der Waals surface area contributed by atoms with Gasteiger partial charge in [-0.1, -0.05) is 30.3 Å². The number of benzene rings is 2. The van der Waals surface area contributed by atoms with Crippen LogP contribution < -0.4 is 5.32 Å². The molecule has 0 saturated carbocycles. The summed E-state index contributed by atoms with van der Waals surface area (Å²) in [5, 5.41) is 7.34. The van der Waals surface area contributed by atoms with Gasteiger partial charge in [0.15, 0.2) is 11.5 Å². The van der Waals surface area contributed by atoms with Crippen LogP contribution >= 0.6 is 0 Å². The maximum absolute atomic E-state index is 12.5. The van der Waals surface area contributed by atoms with Crippen molar-refractivity contribution in [3.8, 4) is 0 Å². The normalized spacial score (nSPS) is 11.1. The average Bonchev–Trinajstić information content (AvgIpc) is 3.23. The van der Waals surface area contributed by atoms with Crippen molar-refractivity contribution in [2.45, 2.75) is 26.8 Å². The molecule has 0 radical (unpaired) electrons. The second-order valence-corrected chi connectivity index (χ2v) is 6.86. The molecular formula is C22H22N4O2. The molecule has 28 heavy (non-hydrogen) atoms. The monoisotopic (exact) mass is 374 g/mol. The van der Waals surface area contributed by atoms with Crippen molar-refractivity contribution < 1.29 is 9.21 Å². The van der Waals surface area contributed by atoms with E-state index in [9.17, 15) is 4.79 Å². The van der Waals surface area contributed by atoms with Gasteiger partial charge in [-0.05, 0) is 43.7 Å². The summed E-state index contributed by atoms with van der Waals surface area (Å²) in [6.07, 6.45) is 0.625. The second kappa shape index (κ2) is 7.68. The van der Waals surface area contributed by atoms with E-state index >= 15 is 0 Å². The molecule has 0 bridgehead atoms. The summed E-state index contributed by atoms with van der Waals surface area (Å²) in [6, 6.07) is 17.4. The number of hydrogen-bond acceptors (Lipinski definition) is 4. The highest BCUT2D eigenvalue weighted by Gasteiger charge is 2.11. The number of nitrogens with zero attached hydrogens (tertiary/aromatic N) is 3. The standard InChI is InChI=1S/C22H22N4O2/c1-15-12-16(2)26(25-15)11-10-23-22(27)18-8-9-20-19(14-18)24-21(28-20)13-17-6-4-3-5-7-17/h3-9,12,14H,10-11,13H2,1-2H3,(H,23,27). The van der Waals surface area contributed by atoms with Gasteiger partial charge < -0.3 is 9.73 Å². The fourth-order valence-electron chi connectivity index (χ4n) is 3.24. The Morgan fingerprint density at radius 2 is 1.93 bits per heavy atom. The van der Waals surface area contributed by atoms with Crippen LogP contribution in [-0.4, -0.2) is 27.2 Å². The highest BCUT2D eigenvalue weighted by atomic mass is 16.3. The smallest absolute Gasteiger partial charge is 0.251 e. The SMILES string of the molecule is Cc1cc(C)n(CCNC(=O)c2ccc3oc(Cc4ccccc4)nc3c2)n1. The molecule has 0 aliphatic carbocycles. The van der Waals surface area contributed by atoms with Crippen molar-refractivity contribution in [3.05, 3.63) is 83.0 Å². The lowest BCUT2D eigenvalue weighted by atomic mass is 10.1. The van der Waals surface area contributed by atoms with Crippen LogP contribution in [0.5, 0.6) is 0 Å². The van der Waals surface area contributed by atoms with Crippen molar-refractivity contribution in [2.75, 3.05) is 6.54 Å². The number of oxazole rings is 1. The average molecular weight is 374 g/mol. The molecule has 0 saturated heterocycles. The molecule has 6 nitrogen and oxygen atoms in total. The fraction of sp³-hybridized carbons (Fsp3) is 0.227. The van der Waals surface area contributed by atoms with Crippen molar-refractivity contribution in [1.82, 2.24) is 20.1 Å². The van der Waals surface area contributed by atoms with Crippen molar-refractivity contribution in [2.24, 2.45) is 0 Å². The van der Waals surface area contributed by atoms with Gasteiger partial charge in [-0.3, -0.25) is 9.48 Å². The molecule has 142 valence electrons. The number of amides is 1. The topological polar surface area (TPSA) is 73.0 Å². The largest absolute Gasteiger partial charge is 0.440 e. The van der Waals surface area contributed by atoms with Gasteiger partial charge in [0.2, 0.25) is 0 Å². The molecule has 6 heteroatoms. The molecule has 4 aromatic rings. The van der Waals surface area contributed by atoms with Gasteiger partial charge in [-0.15, -0.1) is 0 Å². The fourth-order valence-corrected chi connectivity index (χ4v) is 3.24. The minimum atomic E-state index is -0.129. The zero-order valence-corrected chi connectivity index (χ0v) is 16.0. The molecule has 0 spiro atoms. The van der Waals surface area contributed by atoms with Gasteiger partial charge in [0.05, 0.1) is 12.2 Å². The number of aryl methyl sites for hydroxylation is 2. The van der Waals surface area contributed by atoms with Crippen molar-refractivity contribution in [1.29, 1.82) is 0 Å². The zero-order chi connectivity index (χ0) is 19.5. The number of fused-ring (bicyclic) bond motifs is 1. The lowest BCUT2D eigenvalue weighted by Crippen LogP contribution is -2.27. The third-order valence-corrected chi connectivity index (χ3v) is 4.60. The molecule has 2 heterocycles. The predicted octanol–water partition coefficient (Wildman–Crippen LogP) is 3.66. The number of carbonyl (C=O) groups excluding carboxylic acids is 1. The van der Waals surface area contributed by atoms with Crippen molar-refractivity contribution >= 4 is 17.0 Å².